The third-order valence-corrected chi connectivity index (χ3v) is 4.87. The minimum Gasteiger partial charge on any atom is -0.454 e. The fourth-order valence-electron chi connectivity index (χ4n) is 2.63. The van der Waals surface area contributed by atoms with E-state index in [1.807, 2.05) is 37.3 Å². The van der Waals surface area contributed by atoms with Crippen molar-refractivity contribution in [2.45, 2.75) is 18.1 Å². The Morgan fingerprint density at radius 2 is 2.07 bits per heavy atom. The van der Waals surface area contributed by atoms with Gasteiger partial charge in [-0.1, -0.05) is 17.8 Å². The molecule has 1 aliphatic heterocycles. The Kier molecular flexibility index (Phi) is 4.93. The highest BCUT2D eigenvalue weighted by atomic mass is 32.2. The van der Waals surface area contributed by atoms with Gasteiger partial charge in [0.2, 0.25) is 17.9 Å². The molecule has 0 saturated carbocycles. The largest absolute Gasteiger partial charge is 0.454 e. The van der Waals surface area contributed by atoms with E-state index in [-0.39, 0.29) is 24.5 Å². The highest BCUT2D eigenvalue weighted by molar-refractivity contribution is 7.99. The molecule has 8 nitrogen and oxygen atoms in total. The molecule has 1 aliphatic rings. The number of amides is 1. The first-order chi connectivity index (χ1) is 13.2. The highest BCUT2D eigenvalue weighted by Gasteiger charge is 2.17. The molecule has 1 atom stereocenters. The molecule has 0 aliphatic carbocycles. The first kappa shape index (κ1) is 17.3. The van der Waals surface area contributed by atoms with Crippen LogP contribution in [-0.2, 0) is 4.79 Å². The molecular formula is C18H17N5O3S. The summed E-state index contributed by atoms with van der Waals surface area (Å²) in [4.78, 5) is 20.6. The van der Waals surface area contributed by atoms with Crippen molar-refractivity contribution in [1.82, 2.24) is 25.5 Å². The lowest BCUT2D eigenvalue weighted by Gasteiger charge is -2.14. The van der Waals surface area contributed by atoms with E-state index in [4.69, 9.17) is 9.47 Å². The molecule has 138 valence electrons. The number of thioether (sulfide) groups is 1. The average molecular weight is 383 g/mol. The first-order valence-corrected chi connectivity index (χ1v) is 9.32. The van der Waals surface area contributed by atoms with Crippen molar-refractivity contribution in [2.75, 3.05) is 12.5 Å². The van der Waals surface area contributed by atoms with Crippen molar-refractivity contribution in [3.05, 3.63) is 48.3 Å². The van der Waals surface area contributed by atoms with Crippen molar-refractivity contribution in [3.63, 3.8) is 0 Å². The molecule has 0 spiro atoms. The van der Waals surface area contributed by atoms with Crippen molar-refractivity contribution >= 4 is 17.7 Å². The lowest BCUT2D eigenvalue weighted by atomic mass is 10.1. The smallest absolute Gasteiger partial charge is 0.231 e. The topological polar surface area (TPSA) is 102 Å². The Labute approximate surface area is 159 Å². The van der Waals surface area contributed by atoms with Crippen LogP contribution in [0.2, 0.25) is 0 Å². The van der Waals surface area contributed by atoms with Crippen molar-refractivity contribution in [1.29, 1.82) is 0 Å². The van der Waals surface area contributed by atoms with Crippen LogP contribution in [0.25, 0.3) is 11.4 Å². The molecule has 9 heteroatoms. The number of nitrogens with zero attached hydrogens (tertiary/aromatic N) is 3. The number of aromatic nitrogens is 4. The minimum absolute atomic E-state index is 0.0968. The number of pyridine rings is 1. The number of rotatable bonds is 6. The monoisotopic (exact) mass is 383 g/mol. The van der Waals surface area contributed by atoms with Gasteiger partial charge in [0, 0.05) is 18.0 Å². The second kappa shape index (κ2) is 7.67. The Balaban J connectivity index is 1.31. The van der Waals surface area contributed by atoms with Crippen LogP contribution in [0.1, 0.15) is 18.5 Å². The van der Waals surface area contributed by atoms with E-state index in [2.05, 4.69) is 25.5 Å². The van der Waals surface area contributed by atoms with Crippen molar-refractivity contribution in [3.8, 4) is 22.9 Å². The van der Waals surface area contributed by atoms with Crippen LogP contribution in [0.3, 0.4) is 0 Å². The summed E-state index contributed by atoms with van der Waals surface area (Å²) in [6, 6.07) is 9.19. The van der Waals surface area contributed by atoms with Gasteiger partial charge in [-0.15, -0.1) is 5.10 Å². The average Bonchev–Trinajstić information content (AvgIpc) is 3.36. The number of hydrogen-bond acceptors (Lipinski definition) is 7. The Bertz CT molecular complexity index is 947. The number of carbonyl (C=O) groups is 1. The summed E-state index contributed by atoms with van der Waals surface area (Å²) in [5.74, 6) is 2.20. The fraction of sp³-hybridized carbons (Fsp3) is 0.222. The Hall–Kier alpha value is -3.07. The quantitative estimate of drug-likeness (QED) is 0.631. The third-order valence-electron chi connectivity index (χ3n) is 4.03. The fourth-order valence-corrected chi connectivity index (χ4v) is 3.24. The lowest BCUT2D eigenvalue weighted by molar-refractivity contribution is -0.119. The van der Waals surface area contributed by atoms with E-state index >= 15 is 0 Å². The van der Waals surface area contributed by atoms with Crippen LogP contribution in [0.4, 0.5) is 0 Å². The maximum absolute atomic E-state index is 12.2. The van der Waals surface area contributed by atoms with Crippen LogP contribution in [0.5, 0.6) is 11.5 Å². The normalized spacial score (nSPS) is 13.4. The van der Waals surface area contributed by atoms with Gasteiger partial charge in [-0.05, 0) is 36.8 Å². The molecule has 0 bridgehead atoms. The molecular weight excluding hydrogens is 366 g/mol. The standard InChI is InChI=1S/C18H17N5O3S/c1-11(13-2-3-14-15(8-13)26-10-25-14)20-16(24)9-27-18-21-17(22-23-18)12-4-6-19-7-5-12/h2-8,11H,9-10H2,1H3,(H,20,24)(H,21,22,23)/t11-/m1/s1. The van der Waals surface area contributed by atoms with Crippen LogP contribution in [-0.4, -0.2) is 38.6 Å². The zero-order chi connectivity index (χ0) is 18.6. The molecule has 2 aromatic heterocycles. The maximum Gasteiger partial charge on any atom is 0.231 e. The molecule has 1 amide bonds. The van der Waals surface area contributed by atoms with E-state index in [1.165, 1.54) is 11.8 Å². The van der Waals surface area contributed by atoms with Crippen LogP contribution >= 0.6 is 11.8 Å². The van der Waals surface area contributed by atoms with Gasteiger partial charge in [0.25, 0.3) is 0 Å². The summed E-state index contributed by atoms with van der Waals surface area (Å²) < 4.78 is 10.7. The molecule has 3 aromatic rings. The molecule has 0 fully saturated rings. The number of fused-ring (bicyclic) bond motifs is 1. The molecule has 0 radical (unpaired) electrons. The van der Waals surface area contributed by atoms with Gasteiger partial charge in [0.1, 0.15) is 0 Å². The number of nitrogens with one attached hydrogen (secondary N) is 2. The van der Waals surface area contributed by atoms with Gasteiger partial charge < -0.3 is 14.8 Å². The maximum atomic E-state index is 12.2. The second-order valence-electron chi connectivity index (χ2n) is 5.89. The molecule has 3 heterocycles. The van der Waals surface area contributed by atoms with Crippen LogP contribution in [0, 0.1) is 0 Å². The SMILES string of the molecule is C[C@@H](NC(=O)CSc1n[nH]c(-c2ccncc2)n1)c1ccc2c(c1)OCO2. The number of hydrogen-bond donors (Lipinski definition) is 2. The summed E-state index contributed by atoms with van der Waals surface area (Å²) in [6.07, 6.45) is 3.38. The van der Waals surface area contributed by atoms with Gasteiger partial charge in [-0.2, -0.15) is 0 Å². The Morgan fingerprint density at radius 1 is 1.26 bits per heavy atom. The number of ether oxygens (including phenoxy) is 2. The van der Waals surface area contributed by atoms with E-state index in [1.54, 1.807) is 12.4 Å². The lowest BCUT2D eigenvalue weighted by Crippen LogP contribution is -2.28. The van der Waals surface area contributed by atoms with Gasteiger partial charge >= 0.3 is 0 Å². The predicted molar refractivity (Wildman–Crippen MR) is 99.5 cm³/mol. The molecule has 0 saturated heterocycles. The van der Waals surface area contributed by atoms with Gasteiger partial charge in [-0.3, -0.25) is 14.9 Å². The summed E-state index contributed by atoms with van der Waals surface area (Å²) >= 11 is 1.28. The number of H-pyrrole nitrogens is 1. The molecule has 27 heavy (non-hydrogen) atoms. The number of benzene rings is 1. The molecule has 2 N–H and O–H groups in total. The van der Waals surface area contributed by atoms with E-state index in [0.29, 0.717) is 16.7 Å². The van der Waals surface area contributed by atoms with E-state index < -0.39 is 0 Å². The zero-order valence-corrected chi connectivity index (χ0v) is 15.3. The van der Waals surface area contributed by atoms with Crippen molar-refractivity contribution in [2.24, 2.45) is 0 Å². The minimum atomic E-state index is -0.146. The van der Waals surface area contributed by atoms with Gasteiger partial charge in [0.15, 0.2) is 17.3 Å². The summed E-state index contributed by atoms with van der Waals surface area (Å²) in [7, 11) is 0. The second-order valence-corrected chi connectivity index (χ2v) is 6.84. The summed E-state index contributed by atoms with van der Waals surface area (Å²) in [5.41, 5.74) is 1.85. The van der Waals surface area contributed by atoms with Gasteiger partial charge in [-0.25, -0.2) is 4.98 Å². The number of carbonyl (C=O) groups excluding carboxylic acids is 1. The molecule has 1 aromatic carbocycles. The number of aromatic amines is 1. The highest BCUT2D eigenvalue weighted by Crippen LogP contribution is 2.34. The van der Waals surface area contributed by atoms with Crippen LogP contribution in [0.15, 0.2) is 47.9 Å². The summed E-state index contributed by atoms with van der Waals surface area (Å²) in [6.45, 7) is 2.16. The third kappa shape index (κ3) is 4.03. The summed E-state index contributed by atoms with van der Waals surface area (Å²) in [5, 5.41) is 10.5. The molecule has 4 rings (SSSR count). The predicted octanol–water partition coefficient (Wildman–Crippen LogP) is 2.56. The first-order valence-electron chi connectivity index (χ1n) is 8.33. The Morgan fingerprint density at radius 3 is 2.93 bits per heavy atom. The zero-order valence-electron chi connectivity index (χ0n) is 14.5. The van der Waals surface area contributed by atoms with Gasteiger partial charge in [0.05, 0.1) is 11.8 Å². The van der Waals surface area contributed by atoms with E-state index in [9.17, 15) is 4.79 Å². The van der Waals surface area contributed by atoms with Crippen LogP contribution < -0.4 is 14.8 Å². The van der Waals surface area contributed by atoms with Crippen molar-refractivity contribution < 1.29 is 14.3 Å². The molecule has 0 unspecified atom stereocenters. The van der Waals surface area contributed by atoms with E-state index in [0.717, 1.165) is 16.9 Å².